The molecule has 3 rings (SSSR count). The fraction of sp³-hybridized carbons (Fsp3) is 0.647. The standard InChI is InChI=1S/C17H22F2N2O2/c1-23-12-7-8-13-14(10-12)21-16(22)15(20-13)17(18,19)9-3-2-4-11-5-6-11/h10-11H,2-9H2,1H3,(H,21,22). The molecule has 1 aromatic rings. The number of aryl methyl sites for hydroxylation is 1. The Kier molecular flexibility index (Phi) is 4.50. The number of allylic oxidation sites excluding steroid dienone is 1. The van der Waals surface area contributed by atoms with Crippen LogP contribution in [0.15, 0.2) is 5.76 Å². The summed E-state index contributed by atoms with van der Waals surface area (Å²) in [5.74, 6) is -2.35. The summed E-state index contributed by atoms with van der Waals surface area (Å²) >= 11 is 0. The van der Waals surface area contributed by atoms with Crippen LogP contribution in [-0.2, 0) is 17.1 Å². The first-order valence-electron chi connectivity index (χ1n) is 8.22. The predicted octanol–water partition coefficient (Wildman–Crippen LogP) is 4.18. The van der Waals surface area contributed by atoms with Gasteiger partial charge in [-0.15, -0.1) is 0 Å². The van der Waals surface area contributed by atoms with Crippen molar-refractivity contribution in [1.82, 2.24) is 9.97 Å². The molecule has 0 amide bonds. The van der Waals surface area contributed by atoms with Crippen LogP contribution in [0, 0.1) is 5.92 Å². The van der Waals surface area contributed by atoms with E-state index in [1.54, 1.807) is 13.2 Å². The minimum Gasteiger partial charge on any atom is -0.501 e. The molecule has 0 bridgehead atoms. The molecular weight excluding hydrogens is 302 g/mol. The Hall–Kier alpha value is -1.72. The van der Waals surface area contributed by atoms with Crippen LogP contribution in [0.5, 0.6) is 5.88 Å². The van der Waals surface area contributed by atoms with Crippen LogP contribution in [-0.4, -0.2) is 22.2 Å². The largest absolute Gasteiger partial charge is 0.501 e. The third-order valence-corrected chi connectivity index (χ3v) is 4.55. The molecule has 0 unspecified atom stereocenters. The molecule has 4 nitrogen and oxygen atoms in total. The summed E-state index contributed by atoms with van der Waals surface area (Å²) in [6.07, 6.45) is 7.21. The van der Waals surface area contributed by atoms with E-state index in [4.69, 9.17) is 4.74 Å². The van der Waals surface area contributed by atoms with Crippen molar-refractivity contribution in [2.45, 2.75) is 57.3 Å². The lowest BCUT2D eigenvalue weighted by atomic mass is 10.0. The van der Waals surface area contributed by atoms with Crippen molar-refractivity contribution >= 4 is 6.08 Å². The van der Waals surface area contributed by atoms with Crippen molar-refractivity contribution < 1.29 is 18.6 Å². The molecule has 2 aliphatic carbocycles. The van der Waals surface area contributed by atoms with Gasteiger partial charge in [0.05, 0.1) is 24.3 Å². The Morgan fingerprint density at radius 1 is 1.26 bits per heavy atom. The highest BCUT2D eigenvalue weighted by Gasteiger charge is 2.37. The zero-order valence-electron chi connectivity index (χ0n) is 13.3. The second kappa shape index (κ2) is 6.42. The molecule has 1 aromatic heterocycles. The van der Waals surface area contributed by atoms with E-state index < -0.39 is 17.5 Å². The molecule has 2 aliphatic rings. The first kappa shape index (κ1) is 16.1. The molecule has 0 aromatic carbocycles. The second-order valence-corrected chi connectivity index (χ2v) is 6.44. The van der Waals surface area contributed by atoms with Gasteiger partial charge in [0.15, 0.2) is 5.69 Å². The van der Waals surface area contributed by atoms with Gasteiger partial charge in [0.25, 0.3) is 5.92 Å². The number of aromatic nitrogens is 2. The molecule has 126 valence electrons. The molecule has 1 fully saturated rings. The Balaban J connectivity index is 1.72. The number of fused-ring (bicyclic) bond motifs is 1. The van der Waals surface area contributed by atoms with Crippen molar-refractivity contribution in [3.63, 3.8) is 0 Å². The molecule has 0 radical (unpaired) electrons. The van der Waals surface area contributed by atoms with Crippen LogP contribution < -0.4 is 0 Å². The van der Waals surface area contributed by atoms with Crippen molar-refractivity contribution in [3.05, 3.63) is 22.8 Å². The van der Waals surface area contributed by atoms with Gasteiger partial charge in [0, 0.05) is 18.9 Å². The maximum atomic E-state index is 14.4. The first-order chi connectivity index (χ1) is 11.0. The summed E-state index contributed by atoms with van der Waals surface area (Å²) in [6, 6.07) is 0. The van der Waals surface area contributed by atoms with E-state index in [0.29, 0.717) is 36.4 Å². The van der Waals surface area contributed by atoms with Gasteiger partial charge >= 0.3 is 0 Å². The number of methoxy groups -OCH3 is 1. The summed E-state index contributed by atoms with van der Waals surface area (Å²) in [6.45, 7) is 0. The zero-order valence-corrected chi connectivity index (χ0v) is 13.3. The number of aromatic hydroxyl groups is 1. The summed E-state index contributed by atoms with van der Waals surface area (Å²) < 4.78 is 33.9. The van der Waals surface area contributed by atoms with Gasteiger partial charge in [0.2, 0.25) is 5.88 Å². The monoisotopic (exact) mass is 324 g/mol. The fourth-order valence-electron chi connectivity index (χ4n) is 2.95. The number of ether oxygens (including phenoxy) is 1. The van der Waals surface area contributed by atoms with E-state index in [0.717, 1.165) is 18.8 Å². The highest BCUT2D eigenvalue weighted by molar-refractivity contribution is 5.53. The van der Waals surface area contributed by atoms with E-state index in [9.17, 15) is 13.9 Å². The molecule has 0 saturated heterocycles. The van der Waals surface area contributed by atoms with Gasteiger partial charge in [-0.05, 0) is 18.8 Å². The lowest BCUT2D eigenvalue weighted by Gasteiger charge is -2.20. The number of rotatable bonds is 7. The Morgan fingerprint density at radius 2 is 2.04 bits per heavy atom. The number of nitrogens with zero attached hydrogens (tertiary/aromatic N) is 2. The summed E-state index contributed by atoms with van der Waals surface area (Å²) in [5, 5.41) is 9.89. The zero-order chi connectivity index (χ0) is 16.4. The van der Waals surface area contributed by atoms with E-state index in [-0.39, 0.29) is 6.42 Å². The Bertz CT molecular complexity index is 613. The third kappa shape index (κ3) is 3.79. The molecule has 23 heavy (non-hydrogen) atoms. The van der Waals surface area contributed by atoms with Crippen LogP contribution in [0.4, 0.5) is 8.78 Å². The van der Waals surface area contributed by atoms with Crippen LogP contribution >= 0.6 is 0 Å². The van der Waals surface area contributed by atoms with Crippen LogP contribution in [0.2, 0.25) is 0 Å². The van der Waals surface area contributed by atoms with Crippen molar-refractivity contribution in [2.24, 2.45) is 5.92 Å². The van der Waals surface area contributed by atoms with Crippen molar-refractivity contribution in [3.8, 4) is 5.88 Å². The lowest BCUT2D eigenvalue weighted by molar-refractivity contribution is -0.0231. The Morgan fingerprint density at radius 3 is 2.74 bits per heavy atom. The smallest absolute Gasteiger partial charge is 0.295 e. The molecular formula is C17H22F2N2O2. The van der Waals surface area contributed by atoms with Crippen molar-refractivity contribution in [1.29, 1.82) is 0 Å². The number of hydrogen-bond donors (Lipinski definition) is 1. The molecule has 1 saturated carbocycles. The maximum absolute atomic E-state index is 14.4. The molecule has 6 heteroatoms. The molecule has 0 spiro atoms. The van der Waals surface area contributed by atoms with Crippen molar-refractivity contribution in [2.75, 3.05) is 7.11 Å². The average molecular weight is 324 g/mol. The summed E-state index contributed by atoms with van der Waals surface area (Å²) in [7, 11) is 1.55. The molecule has 1 N–H and O–H groups in total. The van der Waals surface area contributed by atoms with E-state index in [1.165, 1.54) is 12.8 Å². The number of hydrogen-bond acceptors (Lipinski definition) is 4. The minimum atomic E-state index is -3.14. The maximum Gasteiger partial charge on any atom is 0.295 e. The van der Waals surface area contributed by atoms with Gasteiger partial charge in [-0.3, -0.25) is 0 Å². The highest BCUT2D eigenvalue weighted by atomic mass is 19.3. The number of alkyl halides is 2. The van der Waals surface area contributed by atoms with Gasteiger partial charge in [-0.2, -0.15) is 8.78 Å². The number of unbranched alkanes of at least 4 members (excludes halogenated alkanes) is 1. The van der Waals surface area contributed by atoms with Gasteiger partial charge in [-0.25, -0.2) is 9.97 Å². The minimum absolute atomic E-state index is 0.292. The van der Waals surface area contributed by atoms with E-state index in [2.05, 4.69) is 9.97 Å². The molecule has 1 heterocycles. The summed E-state index contributed by atoms with van der Waals surface area (Å²) in [4.78, 5) is 7.92. The topological polar surface area (TPSA) is 55.2 Å². The molecule has 0 aliphatic heterocycles. The second-order valence-electron chi connectivity index (χ2n) is 6.44. The SMILES string of the molecule is COC1=Cc2nc(O)c(C(F)(F)CCCCC3CC3)nc2CC1. The average Bonchev–Trinajstić information content (AvgIpc) is 3.34. The highest BCUT2D eigenvalue weighted by Crippen LogP contribution is 2.39. The first-order valence-corrected chi connectivity index (χ1v) is 8.22. The van der Waals surface area contributed by atoms with Crippen LogP contribution in [0.3, 0.4) is 0 Å². The van der Waals surface area contributed by atoms with Crippen LogP contribution in [0.25, 0.3) is 6.08 Å². The van der Waals surface area contributed by atoms with Gasteiger partial charge in [0.1, 0.15) is 0 Å². The van der Waals surface area contributed by atoms with Gasteiger partial charge < -0.3 is 9.84 Å². The lowest BCUT2D eigenvalue weighted by Crippen LogP contribution is -2.19. The van der Waals surface area contributed by atoms with Crippen LogP contribution in [0.1, 0.15) is 62.0 Å². The van der Waals surface area contributed by atoms with Gasteiger partial charge in [-0.1, -0.05) is 25.7 Å². The molecule has 0 atom stereocenters. The summed E-state index contributed by atoms with van der Waals surface area (Å²) in [5.41, 5.74) is 0.326. The predicted molar refractivity (Wildman–Crippen MR) is 82.1 cm³/mol. The third-order valence-electron chi connectivity index (χ3n) is 4.55. The number of halogens is 2. The normalized spacial score (nSPS) is 17.6. The fourth-order valence-corrected chi connectivity index (χ4v) is 2.95. The Labute approximate surface area is 134 Å². The quantitative estimate of drug-likeness (QED) is 0.765. The van der Waals surface area contributed by atoms with E-state index >= 15 is 0 Å². The van der Waals surface area contributed by atoms with E-state index in [1.807, 2.05) is 0 Å².